The van der Waals surface area contributed by atoms with Crippen LogP contribution in [-0.2, 0) is 4.74 Å². The molecule has 0 aromatic carbocycles. The van der Waals surface area contributed by atoms with Gasteiger partial charge in [0, 0.05) is 0 Å². The van der Waals surface area contributed by atoms with Gasteiger partial charge in [-0.2, -0.15) is 0 Å². The van der Waals surface area contributed by atoms with Crippen LogP contribution in [0.5, 0.6) is 0 Å². The molecule has 1 saturated heterocycles. The van der Waals surface area contributed by atoms with Crippen molar-refractivity contribution in [3.05, 3.63) is 12.2 Å². The van der Waals surface area contributed by atoms with E-state index in [4.69, 9.17) is 4.74 Å². The molecule has 0 amide bonds. The van der Waals surface area contributed by atoms with Gasteiger partial charge >= 0.3 is 0 Å². The van der Waals surface area contributed by atoms with Gasteiger partial charge in [0.25, 0.3) is 0 Å². The highest BCUT2D eigenvalue weighted by Crippen LogP contribution is 2.32. The molecule has 62 valence electrons. The Labute approximate surface area is 68.4 Å². The maximum absolute atomic E-state index is 5.11. The van der Waals surface area contributed by atoms with Gasteiger partial charge in [-0.1, -0.05) is 12.2 Å². The molecule has 2 fully saturated rings. The molecular weight excluding hydrogens is 136 g/mol. The summed E-state index contributed by atoms with van der Waals surface area (Å²) in [5.41, 5.74) is 0. The summed E-state index contributed by atoms with van der Waals surface area (Å²) in [5, 5.41) is 0. The summed E-state index contributed by atoms with van der Waals surface area (Å²) in [6.45, 7) is 1.01. The van der Waals surface area contributed by atoms with Crippen LogP contribution in [-0.4, -0.2) is 12.7 Å². The van der Waals surface area contributed by atoms with Crippen LogP contribution in [0.25, 0.3) is 0 Å². The second-order valence-corrected chi connectivity index (χ2v) is 3.68. The van der Waals surface area contributed by atoms with Crippen molar-refractivity contribution in [2.24, 2.45) is 5.92 Å². The lowest BCUT2D eigenvalue weighted by molar-refractivity contribution is 0.398. The fourth-order valence-corrected chi connectivity index (χ4v) is 1.28. The summed E-state index contributed by atoms with van der Waals surface area (Å²) in [7, 11) is 0. The van der Waals surface area contributed by atoms with Crippen molar-refractivity contribution < 1.29 is 4.74 Å². The molecule has 0 N–H and O–H groups in total. The average molecular weight is 152 g/mol. The third-order valence-corrected chi connectivity index (χ3v) is 2.39. The van der Waals surface area contributed by atoms with E-state index in [1.165, 1.54) is 32.1 Å². The molecule has 2 rings (SSSR count). The molecule has 11 heavy (non-hydrogen) atoms. The van der Waals surface area contributed by atoms with Crippen LogP contribution >= 0.6 is 0 Å². The number of allylic oxidation sites excluding steroid dienone is 2. The minimum atomic E-state index is 0.612. The molecule has 1 heterocycles. The zero-order valence-electron chi connectivity index (χ0n) is 6.96. The Hall–Kier alpha value is -0.300. The van der Waals surface area contributed by atoms with Gasteiger partial charge in [-0.05, 0) is 38.0 Å². The van der Waals surface area contributed by atoms with E-state index in [9.17, 15) is 0 Å². The SMILES string of the molecule is C(=CCC1CC1)CCC1CO1. The number of hydrogen-bond acceptors (Lipinski definition) is 1. The van der Waals surface area contributed by atoms with Gasteiger partial charge in [0.05, 0.1) is 12.7 Å². The normalized spacial score (nSPS) is 29.6. The quantitative estimate of drug-likeness (QED) is 0.435. The van der Waals surface area contributed by atoms with Crippen molar-refractivity contribution in [3.8, 4) is 0 Å². The molecule has 0 radical (unpaired) electrons. The first-order valence-corrected chi connectivity index (χ1v) is 4.72. The fourth-order valence-electron chi connectivity index (χ4n) is 1.28. The van der Waals surface area contributed by atoms with Crippen LogP contribution < -0.4 is 0 Å². The first-order valence-electron chi connectivity index (χ1n) is 4.72. The molecule has 0 spiro atoms. The van der Waals surface area contributed by atoms with Crippen LogP contribution in [0, 0.1) is 5.92 Å². The molecule has 1 heteroatoms. The van der Waals surface area contributed by atoms with Crippen LogP contribution in [0.3, 0.4) is 0 Å². The van der Waals surface area contributed by atoms with E-state index in [2.05, 4.69) is 12.2 Å². The summed E-state index contributed by atoms with van der Waals surface area (Å²) in [5.74, 6) is 1.04. The van der Waals surface area contributed by atoms with Crippen LogP contribution in [0.2, 0.25) is 0 Å². The number of epoxide rings is 1. The van der Waals surface area contributed by atoms with E-state index in [0.29, 0.717) is 6.10 Å². The topological polar surface area (TPSA) is 12.5 Å². The molecule has 1 atom stereocenters. The third kappa shape index (κ3) is 3.06. The molecule has 1 saturated carbocycles. The Balaban J connectivity index is 1.46. The van der Waals surface area contributed by atoms with E-state index in [1.807, 2.05) is 0 Å². The van der Waals surface area contributed by atoms with Gasteiger partial charge in [0.15, 0.2) is 0 Å². The fraction of sp³-hybridized carbons (Fsp3) is 0.800. The van der Waals surface area contributed by atoms with E-state index in [1.54, 1.807) is 0 Å². The first kappa shape index (κ1) is 7.35. The van der Waals surface area contributed by atoms with E-state index in [-0.39, 0.29) is 0 Å². The third-order valence-electron chi connectivity index (χ3n) is 2.39. The lowest BCUT2D eigenvalue weighted by Gasteiger charge is -1.88. The van der Waals surface area contributed by atoms with Gasteiger partial charge in [-0.25, -0.2) is 0 Å². The Morgan fingerprint density at radius 2 is 2.09 bits per heavy atom. The Bertz CT molecular complexity index is 143. The van der Waals surface area contributed by atoms with Crippen molar-refractivity contribution >= 4 is 0 Å². The highest BCUT2D eigenvalue weighted by atomic mass is 16.6. The van der Waals surface area contributed by atoms with Gasteiger partial charge in [0.2, 0.25) is 0 Å². The van der Waals surface area contributed by atoms with Crippen LogP contribution in [0.4, 0.5) is 0 Å². The summed E-state index contributed by atoms with van der Waals surface area (Å²) in [6, 6.07) is 0. The van der Waals surface area contributed by atoms with Crippen molar-refractivity contribution in [3.63, 3.8) is 0 Å². The molecule has 0 aromatic heterocycles. The molecule has 0 bridgehead atoms. The zero-order chi connectivity index (χ0) is 7.52. The molecule has 1 unspecified atom stereocenters. The highest BCUT2D eigenvalue weighted by molar-refractivity contribution is 4.89. The molecular formula is C10H16O. The van der Waals surface area contributed by atoms with Crippen LogP contribution in [0.1, 0.15) is 32.1 Å². The van der Waals surface area contributed by atoms with E-state index < -0.39 is 0 Å². The van der Waals surface area contributed by atoms with Crippen LogP contribution in [0.15, 0.2) is 12.2 Å². The Kier molecular flexibility index (Phi) is 2.27. The molecule has 0 aromatic rings. The van der Waals surface area contributed by atoms with E-state index in [0.717, 1.165) is 12.5 Å². The monoisotopic (exact) mass is 152 g/mol. The highest BCUT2D eigenvalue weighted by Gasteiger charge is 2.21. The Morgan fingerprint density at radius 1 is 1.27 bits per heavy atom. The predicted molar refractivity (Wildman–Crippen MR) is 45.5 cm³/mol. The summed E-state index contributed by atoms with van der Waals surface area (Å²) >= 11 is 0. The van der Waals surface area contributed by atoms with E-state index >= 15 is 0 Å². The summed E-state index contributed by atoms with van der Waals surface area (Å²) in [4.78, 5) is 0. The number of ether oxygens (including phenoxy) is 1. The predicted octanol–water partition coefficient (Wildman–Crippen LogP) is 2.52. The molecule has 2 aliphatic rings. The van der Waals surface area contributed by atoms with Gasteiger partial charge in [-0.15, -0.1) is 0 Å². The van der Waals surface area contributed by atoms with Gasteiger partial charge in [0.1, 0.15) is 0 Å². The molecule has 1 aliphatic heterocycles. The average Bonchev–Trinajstić information content (AvgIpc) is 2.83. The zero-order valence-corrected chi connectivity index (χ0v) is 6.96. The largest absolute Gasteiger partial charge is 0.373 e. The number of rotatable bonds is 5. The smallest absolute Gasteiger partial charge is 0.0812 e. The second-order valence-electron chi connectivity index (χ2n) is 3.68. The standard InChI is InChI=1S/C10H16O/c1(2-4-9-6-7-9)3-5-10-8-11-10/h1-2,9-10H,3-8H2. The lowest BCUT2D eigenvalue weighted by Crippen LogP contribution is -1.81. The molecule has 1 nitrogen and oxygen atoms in total. The molecule has 1 aliphatic carbocycles. The van der Waals surface area contributed by atoms with Gasteiger partial charge in [-0.3, -0.25) is 0 Å². The first-order chi connectivity index (χ1) is 5.45. The Morgan fingerprint density at radius 3 is 2.73 bits per heavy atom. The second kappa shape index (κ2) is 3.40. The summed E-state index contributed by atoms with van der Waals surface area (Å²) < 4.78 is 5.11. The maximum Gasteiger partial charge on any atom is 0.0812 e. The summed E-state index contributed by atoms with van der Waals surface area (Å²) in [6.07, 6.45) is 12.0. The van der Waals surface area contributed by atoms with Crippen molar-refractivity contribution in [2.45, 2.75) is 38.2 Å². The van der Waals surface area contributed by atoms with Crippen molar-refractivity contribution in [1.82, 2.24) is 0 Å². The minimum absolute atomic E-state index is 0.612. The minimum Gasteiger partial charge on any atom is -0.373 e. The van der Waals surface area contributed by atoms with Crippen molar-refractivity contribution in [2.75, 3.05) is 6.61 Å². The van der Waals surface area contributed by atoms with Gasteiger partial charge < -0.3 is 4.74 Å². The van der Waals surface area contributed by atoms with Crippen molar-refractivity contribution in [1.29, 1.82) is 0 Å². The lowest BCUT2D eigenvalue weighted by atomic mass is 10.2. The number of hydrogen-bond donors (Lipinski definition) is 0. The maximum atomic E-state index is 5.11.